The van der Waals surface area contributed by atoms with E-state index in [0.717, 1.165) is 5.52 Å². The number of aliphatic hydroxyl groups is 1. The number of benzene rings is 1. The van der Waals surface area contributed by atoms with Crippen molar-refractivity contribution in [2.24, 2.45) is 5.73 Å². The summed E-state index contributed by atoms with van der Waals surface area (Å²) in [5, 5.41) is 18.0. The van der Waals surface area contributed by atoms with Gasteiger partial charge in [0.05, 0.1) is 23.7 Å². The van der Waals surface area contributed by atoms with Crippen LogP contribution in [0.5, 0.6) is 5.75 Å². The van der Waals surface area contributed by atoms with Crippen LogP contribution in [-0.4, -0.2) is 26.8 Å². The van der Waals surface area contributed by atoms with Gasteiger partial charge in [-0.1, -0.05) is 0 Å². The molecule has 0 fully saturated rings. The third kappa shape index (κ3) is 1.43. The number of hydrogen-bond donors (Lipinski definition) is 4. The summed E-state index contributed by atoms with van der Waals surface area (Å²) in [6.45, 7) is -0.161. The maximum atomic E-state index is 9.21. The zero-order valence-electron chi connectivity index (χ0n) is 7.44. The van der Waals surface area contributed by atoms with Crippen LogP contribution < -0.4 is 5.73 Å². The Labute approximate surface area is 80.2 Å². The Balaban J connectivity index is 2.51. The molecule has 0 aliphatic heterocycles. The quantitative estimate of drug-likeness (QED) is 0.550. The molecule has 5 heteroatoms. The first kappa shape index (κ1) is 8.98. The van der Waals surface area contributed by atoms with E-state index in [1.807, 2.05) is 0 Å². The fourth-order valence-electron chi connectivity index (χ4n) is 1.28. The van der Waals surface area contributed by atoms with E-state index in [1.54, 1.807) is 18.2 Å². The molecule has 1 atom stereocenters. The first-order chi connectivity index (χ1) is 6.70. The summed E-state index contributed by atoms with van der Waals surface area (Å²) in [5.74, 6) is 0.693. The molecule has 0 saturated carbocycles. The van der Waals surface area contributed by atoms with Gasteiger partial charge >= 0.3 is 0 Å². The fourth-order valence-corrected chi connectivity index (χ4v) is 1.28. The van der Waals surface area contributed by atoms with Crippen molar-refractivity contribution < 1.29 is 10.2 Å². The third-order valence-corrected chi connectivity index (χ3v) is 2.03. The molecule has 0 saturated heterocycles. The summed E-state index contributed by atoms with van der Waals surface area (Å²) >= 11 is 0. The van der Waals surface area contributed by atoms with Gasteiger partial charge < -0.3 is 20.9 Å². The molecule has 0 aliphatic carbocycles. The van der Waals surface area contributed by atoms with Crippen LogP contribution in [0.1, 0.15) is 11.9 Å². The highest BCUT2D eigenvalue weighted by molar-refractivity contribution is 5.76. The van der Waals surface area contributed by atoms with Crippen LogP contribution in [0.2, 0.25) is 0 Å². The van der Waals surface area contributed by atoms with E-state index >= 15 is 0 Å². The molecule has 0 bridgehead atoms. The summed E-state index contributed by atoms with van der Waals surface area (Å²) in [7, 11) is 0. The standard InChI is InChI=1S/C9H11N3O2/c10-6(4-13)9-11-7-2-1-5(14)3-8(7)12-9/h1-3,6,13-14H,4,10H2,(H,11,12). The molecule has 14 heavy (non-hydrogen) atoms. The minimum absolute atomic E-state index is 0.161. The molecule has 0 spiro atoms. The summed E-state index contributed by atoms with van der Waals surface area (Å²) in [6, 6.07) is 4.30. The molecule has 0 amide bonds. The lowest BCUT2D eigenvalue weighted by molar-refractivity contribution is 0.264. The van der Waals surface area contributed by atoms with Gasteiger partial charge in [-0.05, 0) is 12.1 Å². The van der Waals surface area contributed by atoms with Crippen LogP contribution in [-0.2, 0) is 0 Å². The van der Waals surface area contributed by atoms with Crippen molar-refractivity contribution in [1.29, 1.82) is 0 Å². The maximum absolute atomic E-state index is 9.21. The number of fused-ring (bicyclic) bond motifs is 1. The van der Waals surface area contributed by atoms with Gasteiger partial charge in [-0.15, -0.1) is 0 Å². The van der Waals surface area contributed by atoms with E-state index in [-0.39, 0.29) is 12.4 Å². The predicted octanol–water partition coefficient (Wildman–Crippen LogP) is 0.261. The third-order valence-electron chi connectivity index (χ3n) is 2.03. The van der Waals surface area contributed by atoms with Crippen LogP contribution in [0, 0.1) is 0 Å². The summed E-state index contributed by atoms with van der Waals surface area (Å²) in [5.41, 5.74) is 7.03. The Hall–Kier alpha value is -1.59. The number of H-pyrrole nitrogens is 1. The molecular weight excluding hydrogens is 182 g/mol. The van der Waals surface area contributed by atoms with Crippen molar-refractivity contribution in [3.8, 4) is 5.75 Å². The van der Waals surface area contributed by atoms with E-state index in [1.165, 1.54) is 0 Å². The monoisotopic (exact) mass is 193 g/mol. The minimum Gasteiger partial charge on any atom is -0.508 e. The highest BCUT2D eigenvalue weighted by Gasteiger charge is 2.09. The van der Waals surface area contributed by atoms with Gasteiger partial charge in [0.25, 0.3) is 0 Å². The molecule has 1 unspecified atom stereocenters. The molecule has 5 N–H and O–H groups in total. The molecular formula is C9H11N3O2. The van der Waals surface area contributed by atoms with E-state index < -0.39 is 6.04 Å². The van der Waals surface area contributed by atoms with Crippen molar-refractivity contribution in [3.05, 3.63) is 24.0 Å². The highest BCUT2D eigenvalue weighted by Crippen LogP contribution is 2.19. The van der Waals surface area contributed by atoms with Crippen molar-refractivity contribution >= 4 is 11.0 Å². The van der Waals surface area contributed by atoms with Gasteiger partial charge in [-0.25, -0.2) is 4.98 Å². The summed E-state index contributed by atoms with van der Waals surface area (Å²) < 4.78 is 0. The number of imidazole rings is 1. The van der Waals surface area contributed by atoms with E-state index in [2.05, 4.69) is 9.97 Å². The Morgan fingerprint density at radius 3 is 3.00 bits per heavy atom. The van der Waals surface area contributed by atoms with Crippen molar-refractivity contribution in [2.45, 2.75) is 6.04 Å². The zero-order chi connectivity index (χ0) is 10.1. The lowest BCUT2D eigenvalue weighted by atomic mass is 10.3. The first-order valence-corrected chi connectivity index (χ1v) is 4.26. The van der Waals surface area contributed by atoms with Crippen molar-refractivity contribution in [3.63, 3.8) is 0 Å². The molecule has 2 rings (SSSR count). The molecule has 1 heterocycles. The fraction of sp³-hybridized carbons (Fsp3) is 0.222. The number of aromatic hydroxyl groups is 1. The number of hydrogen-bond acceptors (Lipinski definition) is 4. The first-order valence-electron chi connectivity index (χ1n) is 4.26. The Kier molecular flexibility index (Phi) is 2.11. The molecule has 1 aromatic carbocycles. The average Bonchev–Trinajstić information content (AvgIpc) is 2.59. The topological polar surface area (TPSA) is 95.2 Å². The molecule has 74 valence electrons. The van der Waals surface area contributed by atoms with Crippen molar-refractivity contribution in [1.82, 2.24) is 9.97 Å². The van der Waals surface area contributed by atoms with Crippen molar-refractivity contribution in [2.75, 3.05) is 6.61 Å². The van der Waals surface area contributed by atoms with Crippen LogP contribution in [0.25, 0.3) is 11.0 Å². The largest absolute Gasteiger partial charge is 0.508 e. The number of aromatic amines is 1. The van der Waals surface area contributed by atoms with Gasteiger partial charge in [-0.2, -0.15) is 0 Å². The maximum Gasteiger partial charge on any atom is 0.126 e. The number of nitrogens with two attached hydrogens (primary N) is 1. The Morgan fingerprint density at radius 1 is 1.50 bits per heavy atom. The van der Waals surface area contributed by atoms with Crippen LogP contribution in [0.3, 0.4) is 0 Å². The van der Waals surface area contributed by atoms with Gasteiger partial charge in [0.2, 0.25) is 0 Å². The van der Waals surface area contributed by atoms with E-state index in [9.17, 15) is 5.11 Å². The smallest absolute Gasteiger partial charge is 0.126 e. The number of aromatic nitrogens is 2. The van der Waals surface area contributed by atoms with E-state index in [0.29, 0.717) is 11.3 Å². The summed E-state index contributed by atoms with van der Waals surface area (Å²) in [4.78, 5) is 7.10. The van der Waals surface area contributed by atoms with Crippen LogP contribution >= 0.6 is 0 Å². The lowest BCUT2D eigenvalue weighted by Crippen LogP contribution is -2.15. The molecule has 0 aliphatic rings. The second-order valence-electron chi connectivity index (χ2n) is 3.11. The second kappa shape index (κ2) is 3.28. The van der Waals surface area contributed by atoms with Crippen LogP contribution in [0.4, 0.5) is 0 Å². The number of rotatable bonds is 2. The SMILES string of the molecule is NC(CO)c1nc2ccc(O)cc2[nH]1. The predicted molar refractivity (Wildman–Crippen MR) is 51.8 cm³/mol. The van der Waals surface area contributed by atoms with Gasteiger partial charge in [0.15, 0.2) is 0 Å². The van der Waals surface area contributed by atoms with Gasteiger partial charge in [0.1, 0.15) is 11.6 Å². The molecule has 0 radical (unpaired) electrons. The highest BCUT2D eigenvalue weighted by atomic mass is 16.3. The molecule has 5 nitrogen and oxygen atoms in total. The summed E-state index contributed by atoms with van der Waals surface area (Å²) in [6.07, 6.45) is 0. The lowest BCUT2D eigenvalue weighted by Gasteiger charge is -2.01. The molecule has 1 aromatic heterocycles. The number of nitrogens with zero attached hydrogens (tertiary/aromatic N) is 1. The number of nitrogens with one attached hydrogen (secondary N) is 1. The van der Waals surface area contributed by atoms with Gasteiger partial charge in [-0.3, -0.25) is 0 Å². The zero-order valence-corrected chi connectivity index (χ0v) is 7.44. The Morgan fingerprint density at radius 2 is 2.29 bits per heavy atom. The average molecular weight is 193 g/mol. The van der Waals surface area contributed by atoms with E-state index in [4.69, 9.17) is 10.8 Å². The van der Waals surface area contributed by atoms with Gasteiger partial charge in [0, 0.05) is 6.07 Å². The normalized spacial score (nSPS) is 13.3. The minimum atomic E-state index is -0.510. The number of phenolic OH excluding ortho intramolecular Hbond substituents is 1. The second-order valence-corrected chi connectivity index (χ2v) is 3.11. The van der Waals surface area contributed by atoms with Crippen LogP contribution in [0.15, 0.2) is 18.2 Å². The molecule has 2 aromatic rings. The number of phenols is 1. The number of aliphatic hydroxyl groups excluding tert-OH is 1. The Bertz CT molecular complexity index is 452.